The molecule has 8 bridgehead atoms. The van der Waals surface area contributed by atoms with Gasteiger partial charge in [0.25, 0.3) is 11.8 Å². The zero-order chi connectivity index (χ0) is 29.1. The first-order valence-corrected chi connectivity index (χ1v) is 13.8. The number of hydrogen-bond acceptors (Lipinski definition) is 7. The predicted molar refractivity (Wildman–Crippen MR) is 154 cm³/mol. The summed E-state index contributed by atoms with van der Waals surface area (Å²) in [7, 11) is 1.33. The van der Waals surface area contributed by atoms with E-state index in [2.05, 4.69) is 10.3 Å². The van der Waals surface area contributed by atoms with Crippen LogP contribution in [0.15, 0.2) is 85.2 Å². The van der Waals surface area contributed by atoms with E-state index in [1.807, 2.05) is 47.4 Å². The maximum absolute atomic E-state index is 13.9. The highest BCUT2D eigenvalue weighted by molar-refractivity contribution is 5.97. The zero-order valence-corrected chi connectivity index (χ0v) is 23.0. The standard InChI is InChI=1S/C33H29N3O6/c1-40-33(39)22-8-6-21(7-9-22)32(38)36-14-12-23-16-27-10-11-29(23)30(36)24-4-2-5-26(17-24)41-15-3-13-35-31(37)25-18-28(42-27)20-34-19-25/h2,4-11,16-20,30H,3,12-15H2,1H3,(H,35,37). The van der Waals surface area contributed by atoms with Gasteiger partial charge in [-0.05, 0) is 84.1 Å². The fraction of sp³-hybridized carbons (Fsp3) is 0.212. The second-order valence-electron chi connectivity index (χ2n) is 10.1. The van der Waals surface area contributed by atoms with Crippen LogP contribution in [0.4, 0.5) is 0 Å². The van der Waals surface area contributed by atoms with Gasteiger partial charge in [0.15, 0.2) is 0 Å². The van der Waals surface area contributed by atoms with Gasteiger partial charge in [0.05, 0.1) is 37.1 Å². The molecule has 3 aromatic carbocycles. The van der Waals surface area contributed by atoms with E-state index in [-0.39, 0.29) is 17.9 Å². The van der Waals surface area contributed by atoms with Crippen LogP contribution in [-0.2, 0) is 11.2 Å². The van der Waals surface area contributed by atoms with Crippen molar-refractivity contribution in [2.24, 2.45) is 0 Å². The summed E-state index contributed by atoms with van der Waals surface area (Å²) >= 11 is 0. The van der Waals surface area contributed by atoms with Gasteiger partial charge < -0.3 is 24.4 Å². The number of esters is 1. The summed E-state index contributed by atoms with van der Waals surface area (Å²) < 4.78 is 16.9. The molecular weight excluding hydrogens is 534 g/mol. The van der Waals surface area contributed by atoms with Crippen LogP contribution < -0.4 is 14.8 Å². The van der Waals surface area contributed by atoms with Crippen molar-refractivity contribution in [3.05, 3.63) is 119 Å². The molecule has 4 aromatic rings. The number of rotatable bonds is 2. The number of carbonyl (C=O) groups is 3. The van der Waals surface area contributed by atoms with Gasteiger partial charge in [0.1, 0.15) is 17.2 Å². The van der Waals surface area contributed by atoms with Crippen molar-refractivity contribution in [3.8, 4) is 17.2 Å². The van der Waals surface area contributed by atoms with Crippen LogP contribution in [0, 0.1) is 0 Å². The van der Waals surface area contributed by atoms with E-state index in [1.165, 1.54) is 13.3 Å². The average molecular weight is 564 g/mol. The van der Waals surface area contributed by atoms with E-state index < -0.39 is 5.97 Å². The molecule has 0 fully saturated rings. The van der Waals surface area contributed by atoms with Crippen molar-refractivity contribution >= 4 is 17.8 Å². The Balaban J connectivity index is 1.39. The molecule has 9 nitrogen and oxygen atoms in total. The van der Waals surface area contributed by atoms with E-state index in [9.17, 15) is 14.4 Å². The highest BCUT2D eigenvalue weighted by Crippen LogP contribution is 2.39. The number of amides is 2. The van der Waals surface area contributed by atoms with E-state index in [1.54, 1.807) is 36.5 Å². The molecule has 4 heterocycles. The quantitative estimate of drug-likeness (QED) is 0.344. The predicted octanol–water partition coefficient (Wildman–Crippen LogP) is 4.96. The van der Waals surface area contributed by atoms with Crippen LogP contribution in [0.3, 0.4) is 0 Å². The lowest BCUT2D eigenvalue weighted by Gasteiger charge is -2.38. The third kappa shape index (κ3) is 5.54. The van der Waals surface area contributed by atoms with Gasteiger partial charge in [-0.3, -0.25) is 14.6 Å². The Bertz CT molecular complexity index is 1650. The molecule has 0 saturated heterocycles. The Labute approximate surface area is 243 Å². The molecule has 0 spiro atoms. The van der Waals surface area contributed by atoms with Crippen LogP contribution in [-0.4, -0.2) is 54.5 Å². The van der Waals surface area contributed by atoms with Crippen LogP contribution in [0.2, 0.25) is 0 Å². The fourth-order valence-corrected chi connectivity index (χ4v) is 5.35. The highest BCUT2D eigenvalue weighted by Gasteiger charge is 2.33. The van der Waals surface area contributed by atoms with Crippen molar-refractivity contribution in [2.45, 2.75) is 18.9 Å². The first-order chi connectivity index (χ1) is 20.5. The molecule has 1 atom stereocenters. The highest BCUT2D eigenvalue weighted by atomic mass is 16.5. The second-order valence-corrected chi connectivity index (χ2v) is 10.1. The molecule has 0 aliphatic carbocycles. The number of pyridine rings is 1. The number of ether oxygens (including phenoxy) is 3. The molecule has 7 rings (SSSR count). The maximum atomic E-state index is 13.9. The molecule has 212 valence electrons. The molecule has 3 aliphatic rings. The lowest BCUT2D eigenvalue weighted by Crippen LogP contribution is -2.40. The molecule has 0 radical (unpaired) electrons. The lowest BCUT2D eigenvalue weighted by atomic mass is 9.87. The van der Waals surface area contributed by atoms with Gasteiger partial charge >= 0.3 is 5.97 Å². The minimum atomic E-state index is -0.454. The summed E-state index contributed by atoms with van der Waals surface area (Å²) in [5.74, 6) is 0.925. The summed E-state index contributed by atoms with van der Waals surface area (Å²) in [6.07, 6.45) is 4.31. The molecular formula is C33H29N3O6. The Morgan fingerprint density at radius 1 is 0.952 bits per heavy atom. The van der Waals surface area contributed by atoms with Crippen molar-refractivity contribution < 1.29 is 28.6 Å². The number of aromatic nitrogens is 1. The normalized spacial score (nSPS) is 16.3. The first-order valence-electron chi connectivity index (χ1n) is 13.8. The summed E-state index contributed by atoms with van der Waals surface area (Å²) in [4.78, 5) is 44.5. The Morgan fingerprint density at radius 3 is 2.62 bits per heavy atom. The molecule has 1 unspecified atom stereocenters. The average Bonchev–Trinajstić information content (AvgIpc) is 3.03. The largest absolute Gasteiger partial charge is 0.494 e. The Hall–Kier alpha value is -5.18. The monoisotopic (exact) mass is 563 g/mol. The van der Waals surface area contributed by atoms with E-state index in [4.69, 9.17) is 14.2 Å². The lowest BCUT2D eigenvalue weighted by molar-refractivity contribution is 0.0599. The summed E-state index contributed by atoms with van der Waals surface area (Å²) in [6.45, 7) is 1.32. The smallest absolute Gasteiger partial charge is 0.337 e. The van der Waals surface area contributed by atoms with Gasteiger partial charge in [0.2, 0.25) is 0 Å². The van der Waals surface area contributed by atoms with Crippen molar-refractivity contribution in [1.82, 2.24) is 15.2 Å². The van der Waals surface area contributed by atoms with Crippen LogP contribution in [0.25, 0.3) is 0 Å². The summed E-state index contributed by atoms with van der Waals surface area (Å²) in [6, 6.07) is 21.4. The Morgan fingerprint density at radius 2 is 1.79 bits per heavy atom. The third-order valence-electron chi connectivity index (χ3n) is 7.42. The number of carbonyl (C=O) groups excluding carboxylic acids is 3. The first kappa shape index (κ1) is 27.0. The minimum absolute atomic E-state index is 0.144. The van der Waals surface area contributed by atoms with Gasteiger partial charge in [-0.25, -0.2) is 4.79 Å². The van der Waals surface area contributed by atoms with Crippen LogP contribution >= 0.6 is 0 Å². The van der Waals surface area contributed by atoms with Gasteiger partial charge in [-0.2, -0.15) is 0 Å². The van der Waals surface area contributed by atoms with Crippen molar-refractivity contribution in [3.63, 3.8) is 0 Å². The SMILES string of the molecule is COC(=O)c1ccc(C(=O)N2CCc3cc4ccc3C2c2cccc(c2)OCCCNC(=O)c2cncc(c2)O4)cc1. The number of benzene rings is 3. The third-order valence-corrected chi connectivity index (χ3v) is 7.42. The van der Waals surface area contributed by atoms with Crippen molar-refractivity contribution in [2.75, 3.05) is 26.8 Å². The van der Waals surface area contributed by atoms with E-state index >= 15 is 0 Å². The van der Waals surface area contributed by atoms with Gasteiger partial charge in [-0.1, -0.05) is 18.2 Å². The number of fused-ring (bicyclic) bond motifs is 6. The number of nitrogens with zero attached hydrogens (tertiary/aromatic N) is 2. The summed E-state index contributed by atoms with van der Waals surface area (Å²) in [5.41, 5.74) is 4.22. The minimum Gasteiger partial charge on any atom is -0.494 e. The van der Waals surface area contributed by atoms with Crippen LogP contribution in [0.1, 0.15) is 60.2 Å². The molecule has 42 heavy (non-hydrogen) atoms. The van der Waals surface area contributed by atoms with Crippen LogP contribution in [0.5, 0.6) is 17.2 Å². The summed E-state index contributed by atoms with van der Waals surface area (Å²) in [5, 5.41) is 2.89. The number of hydrogen-bond donors (Lipinski definition) is 1. The van der Waals surface area contributed by atoms with Gasteiger partial charge in [-0.15, -0.1) is 0 Å². The topological polar surface area (TPSA) is 107 Å². The molecule has 9 heteroatoms. The molecule has 1 N–H and O–H groups in total. The molecule has 1 aromatic heterocycles. The fourth-order valence-electron chi connectivity index (χ4n) is 5.35. The molecule has 0 saturated carbocycles. The second kappa shape index (κ2) is 11.7. The Kier molecular flexibility index (Phi) is 7.55. The zero-order valence-electron chi connectivity index (χ0n) is 23.0. The molecule has 3 aliphatic heterocycles. The number of methoxy groups -OCH3 is 1. The molecule has 2 amide bonds. The number of nitrogens with one attached hydrogen (secondary N) is 1. The maximum Gasteiger partial charge on any atom is 0.337 e. The van der Waals surface area contributed by atoms with E-state index in [0.29, 0.717) is 66.5 Å². The van der Waals surface area contributed by atoms with E-state index in [0.717, 1.165) is 16.7 Å². The van der Waals surface area contributed by atoms with Gasteiger partial charge in [0, 0.05) is 24.8 Å². The van der Waals surface area contributed by atoms with Crippen molar-refractivity contribution in [1.29, 1.82) is 0 Å².